The molecule has 0 saturated carbocycles. The fraction of sp³-hybridized carbons (Fsp3) is 0.429. The minimum absolute atomic E-state index is 0.00813. The maximum Gasteiger partial charge on any atom is 0.309 e. The average Bonchev–Trinajstić information content (AvgIpc) is 2.36. The second kappa shape index (κ2) is 3.87. The molecule has 1 heterocycles. The zero-order valence-corrected chi connectivity index (χ0v) is 6.47. The van der Waals surface area contributed by atoms with Gasteiger partial charge in [0.15, 0.2) is 0 Å². The zero-order valence-electron chi connectivity index (χ0n) is 6.47. The molecule has 5 nitrogen and oxygen atoms in total. The number of aromatic nitrogens is 2. The molecular formula is C7H10N2O3. The monoisotopic (exact) mass is 170 g/mol. The van der Waals surface area contributed by atoms with E-state index in [1.807, 2.05) is 0 Å². The number of hydrogen-bond acceptors (Lipinski definition) is 3. The number of carboxylic acid groups (broad SMARTS) is 1. The predicted octanol–water partition coefficient (Wildman–Crippen LogP) is -0.497. The van der Waals surface area contributed by atoms with Crippen molar-refractivity contribution < 1.29 is 15.0 Å². The summed E-state index contributed by atoms with van der Waals surface area (Å²) in [5, 5.41) is 20.9. The Bertz CT molecular complexity index is 269. The van der Waals surface area contributed by atoms with Gasteiger partial charge in [0.25, 0.3) is 0 Å². The number of rotatable bonds is 4. The first-order chi connectivity index (χ1) is 5.72. The third kappa shape index (κ3) is 2.35. The second-order valence-electron chi connectivity index (χ2n) is 2.36. The highest BCUT2D eigenvalue weighted by Crippen LogP contribution is 1.96. The topological polar surface area (TPSA) is 75.3 Å². The molecule has 12 heavy (non-hydrogen) atoms. The van der Waals surface area contributed by atoms with Gasteiger partial charge in [-0.15, -0.1) is 0 Å². The molecule has 0 atom stereocenters. The smallest absolute Gasteiger partial charge is 0.309 e. The Labute approximate surface area is 69.2 Å². The molecule has 0 saturated heterocycles. The van der Waals surface area contributed by atoms with E-state index in [9.17, 15) is 4.79 Å². The lowest BCUT2D eigenvalue weighted by atomic mass is 10.3. The van der Waals surface area contributed by atoms with E-state index in [1.54, 1.807) is 12.3 Å². The van der Waals surface area contributed by atoms with Crippen molar-refractivity contribution in [2.75, 3.05) is 6.61 Å². The Morgan fingerprint density at radius 2 is 2.42 bits per heavy atom. The number of hydrogen-bond donors (Lipinski definition) is 2. The summed E-state index contributed by atoms with van der Waals surface area (Å²) in [6, 6.07) is 1.63. The summed E-state index contributed by atoms with van der Waals surface area (Å²) in [7, 11) is 0. The summed E-state index contributed by atoms with van der Waals surface area (Å²) in [6.07, 6.45) is 1.58. The first-order valence-corrected chi connectivity index (χ1v) is 3.57. The highest BCUT2D eigenvalue weighted by molar-refractivity contribution is 5.69. The average molecular weight is 170 g/mol. The van der Waals surface area contributed by atoms with E-state index in [1.165, 1.54) is 4.68 Å². The molecule has 0 aliphatic rings. The highest BCUT2D eigenvalue weighted by Gasteiger charge is 2.03. The van der Waals surface area contributed by atoms with E-state index in [-0.39, 0.29) is 13.0 Å². The number of carbonyl (C=O) groups is 1. The van der Waals surface area contributed by atoms with Crippen LogP contribution in [0.25, 0.3) is 0 Å². The maximum atomic E-state index is 10.2. The molecule has 1 aromatic rings. The van der Waals surface area contributed by atoms with Gasteiger partial charge in [-0.2, -0.15) is 5.10 Å². The minimum Gasteiger partial charge on any atom is -0.481 e. The van der Waals surface area contributed by atoms with Gasteiger partial charge in [-0.3, -0.25) is 9.48 Å². The lowest BCUT2D eigenvalue weighted by Gasteiger charge is -1.94. The summed E-state index contributed by atoms with van der Waals surface area (Å²) >= 11 is 0. The summed E-state index contributed by atoms with van der Waals surface area (Å²) < 4.78 is 1.51. The van der Waals surface area contributed by atoms with Crippen LogP contribution >= 0.6 is 0 Å². The number of aliphatic carboxylic acids is 1. The lowest BCUT2D eigenvalue weighted by Crippen LogP contribution is -2.05. The van der Waals surface area contributed by atoms with Crippen LogP contribution in [-0.4, -0.2) is 32.6 Å². The third-order valence-electron chi connectivity index (χ3n) is 1.36. The largest absolute Gasteiger partial charge is 0.481 e. The first-order valence-electron chi connectivity index (χ1n) is 3.57. The quantitative estimate of drug-likeness (QED) is 0.639. The molecule has 0 unspecified atom stereocenters. The molecule has 0 radical (unpaired) electrons. The van der Waals surface area contributed by atoms with Gasteiger partial charge in [-0.05, 0) is 6.07 Å². The summed E-state index contributed by atoms with van der Waals surface area (Å²) in [5.41, 5.74) is 0.510. The Hall–Kier alpha value is -1.36. The zero-order chi connectivity index (χ0) is 8.97. The fourth-order valence-electron chi connectivity index (χ4n) is 0.880. The molecule has 0 aromatic carbocycles. The number of carboxylic acids is 1. The number of aliphatic hydroxyl groups is 1. The van der Waals surface area contributed by atoms with E-state index >= 15 is 0 Å². The van der Waals surface area contributed by atoms with E-state index in [4.69, 9.17) is 10.2 Å². The van der Waals surface area contributed by atoms with Crippen molar-refractivity contribution >= 4 is 5.97 Å². The van der Waals surface area contributed by atoms with Crippen LogP contribution in [0.15, 0.2) is 12.3 Å². The molecule has 0 fully saturated rings. The van der Waals surface area contributed by atoms with Gasteiger partial charge >= 0.3 is 5.97 Å². The molecule has 0 spiro atoms. The molecule has 1 rings (SSSR count). The Morgan fingerprint density at radius 1 is 1.67 bits per heavy atom. The fourth-order valence-corrected chi connectivity index (χ4v) is 0.880. The van der Waals surface area contributed by atoms with Crippen LogP contribution < -0.4 is 0 Å². The normalized spacial score (nSPS) is 10.1. The van der Waals surface area contributed by atoms with Crippen molar-refractivity contribution in [3.63, 3.8) is 0 Å². The van der Waals surface area contributed by atoms with Crippen molar-refractivity contribution in [1.82, 2.24) is 9.78 Å². The highest BCUT2D eigenvalue weighted by atomic mass is 16.4. The maximum absolute atomic E-state index is 10.2. The van der Waals surface area contributed by atoms with Crippen LogP contribution in [0, 0.1) is 0 Å². The van der Waals surface area contributed by atoms with Crippen LogP contribution in [0.1, 0.15) is 5.69 Å². The summed E-state index contributed by atoms with van der Waals surface area (Å²) in [5.74, 6) is -0.899. The van der Waals surface area contributed by atoms with Crippen LogP contribution in [0.4, 0.5) is 0 Å². The third-order valence-corrected chi connectivity index (χ3v) is 1.36. The van der Waals surface area contributed by atoms with Crippen LogP contribution in [0.2, 0.25) is 0 Å². The van der Waals surface area contributed by atoms with E-state index in [0.29, 0.717) is 12.2 Å². The summed E-state index contributed by atoms with van der Waals surface area (Å²) in [4.78, 5) is 10.2. The van der Waals surface area contributed by atoms with Gasteiger partial charge in [0.2, 0.25) is 0 Å². The molecule has 0 aliphatic heterocycles. The molecular weight excluding hydrogens is 160 g/mol. The van der Waals surface area contributed by atoms with Gasteiger partial charge < -0.3 is 10.2 Å². The Kier molecular flexibility index (Phi) is 2.82. The SMILES string of the molecule is O=C(O)Cc1ccn(CCO)n1. The standard InChI is InChI=1S/C7H10N2O3/c10-4-3-9-2-1-6(8-9)5-7(11)12/h1-2,10H,3-5H2,(H,11,12). The summed E-state index contributed by atoms with van der Waals surface area (Å²) in [6.45, 7) is 0.411. The van der Waals surface area contributed by atoms with E-state index in [0.717, 1.165) is 0 Å². The van der Waals surface area contributed by atoms with Crippen LogP contribution in [0.3, 0.4) is 0 Å². The van der Waals surface area contributed by atoms with Gasteiger partial charge in [0, 0.05) is 6.20 Å². The Balaban J connectivity index is 2.58. The molecule has 0 bridgehead atoms. The first kappa shape index (κ1) is 8.73. The van der Waals surface area contributed by atoms with E-state index < -0.39 is 5.97 Å². The van der Waals surface area contributed by atoms with Crippen molar-refractivity contribution in [1.29, 1.82) is 0 Å². The molecule has 1 aromatic heterocycles. The Morgan fingerprint density at radius 3 is 3.00 bits per heavy atom. The molecule has 0 amide bonds. The molecule has 5 heteroatoms. The van der Waals surface area contributed by atoms with Crippen molar-refractivity contribution in [2.45, 2.75) is 13.0 Å². The van der Waals surface area contributed by atoms with Gasteiger partial charge in [0.05, 0.1) is 25.3 Å². The molecule has 66 valence electrons. The lowest BCUT2D eigenvalue weighted by molar-refractivity contribution is -0.136. The van der Waals surface area contributed by atoms with Crippen molar-refractivity contribution in [3.8, 4) is 0 Å². The van der Waals surface area contributed by atoms with Crippen molar-refractivity contribution in [3.05, 3.63) is 18.0 Å². The predicted molar refractivity (Wildman–Crippen MR) is 40.7 cm³/mol. The van der Waals surface area contributed by atoms with Crippen LogP contribution in [-0.2, 0) is 17.8 Å². The molecule has 0 aliphatic carbocycles. The minimum atomic E-state index is -0.899. The second-order valence-corrected chi connectivity index (χ2v) is 2.36. The molecule has 2 N–H and O–H groups in total. The number of aliphatic hydroxyl groups excluding tert-OH is 1. The van der Waals surface area contributed by atoms with Gasteiger partial charge in [-0.25, -0.2) is 0 Å². The van der Waals surface area contributed by atoms with Crippen LogP contribution in [0.5, 0.6) is 0 Å². The van der Waals surface area contributed by atoms with Gasteiger partial charge in [-0.1, -0.05) is 0 Å². The van der Waals surface area contributed by atoms with Crippen molar-refractivity contribution in [2.24, 2.45) is 0 Å². The number of nitrogens with zero attached hydrogens (tertiary/aromatic N) is 2. The van der Waals surface area contributed by atoms with E-state index in [2.05, 4.69) is 5.10 Å². The van der Waals surface area contributed by atoms with Gasteiger partial charge in [0.1, 0.15) is 0 Å².